The fourth-order valence-corrected chi connectivity index (χ4v) is 3.19. The van der Waals surface area contributed by atoms with Gasteiger partial charge in [-0.05, 0) is 25.5 Å². The summed E-state index contributed by atoms with van der Waals surface area (Å²) in [5, 5.41) is 3.40. The zero-order valence-corrected chi connectivity index (χ0v) is 16.6. The van der Waals surface area contributed by atoms with Crippen molar-refractivity contribution >= 4 is 21.9 Å². The number of rotatable bonds is 6. The molecule has 0 spiro atoms. The minimum absolute atomic E-state index is 0.430. The fourth-order valence-electron chi connectivity index (χ4n) is 2.78. The predicted molar refractivity (Wildman–Crippen MR) is 103 cm³/mol. The van der Waals surface area contributed by atoms with E-state index in [1.54, 1.807) is 0 Å². The van der Waals surface area contributed by atoms with Crippen molar-refractivity contribution in [2.45, 2.75) is 26.4 Å². The average Bonchev–Trinajstić information content (AvgIpc) is 2.61. The van der Waals surface area contributed by atoms with Crippen molar-refractivity contribution in [3.8, 4) is 0 Å². The summed E-state index contributed by atoms with van der Waals surface area (Å²) in [6, 6.07) is 8.75. The number of hydrogen-bond donors (Lipinski definition) is 1. The third-order valence-corrected chi connectivity index (χ3v) is 5.01. The number of guanidine groups is 1. The fraction of sp³-hybridized carbons (Fsp3) is 0.611. The number of ether oxygens (including phenoxy) is 1. The molecule has 0 bridgehead atoms. The van der Waals surface area contributed by atoms with Crippen LogP contribution in [0, 0.1) is 0 Å². The SMILES string of the molecule is CCNC(=NCC(C)N1CCOCC1)N(C)Cc1ccccc1Br. The molecule has 6 heteroatoms. The lowest BCUT2D eigenvalue weighted by Crippen LogP contribution is -2.44. The molecule has 1 fully saturated rings. The Morgan fingerprint density at radius 2 is 2.08 bits per heavy atom. The Kier molecular flexibility index (Phi) is 8.02. The average molecular weight is 397 g/mol. The molecule has 1 aliphatic heterocycles. The van der Waals surface area contributed by atoms with Gasteiger partial charge in [-0.2, -0.15) is 0 Å². The lowest BCUT2D eigenvalue weighted by atomic mass is 10.2. The van der Waals surface area contributed by atoms with E-state index in [0.717, 1.165) is 56.4 Å². The van der Waals surface area contributed by atoms with Gasteiger partial charge in [-0.15, -0.1) is 0 Å². The number of nitrogens with zero attached hydrogens (tertiary/aromatic N) is 3. The summed E-state index contributed by atoms with van der Waals surface area (Å²) in [6.45, 7) is 10.5. The summed E-state index contributed by atoms with van der Waals surface area (Å²) in [4.78, 5) is 9.47. The molecule has 24 heavy (non-hydrogen) atoms. The van der Waals surface area contributed by atoms with Crippen molar-refractivity contribution in [2.75, 3.05) is 46.4 Å². The molecule has 0 aliphatic carbocycles. The molecule has 0 aromatic heterocycles. The first-order valence-electron chi connectivity index (χ1n) is 8.66. The molecule has 1 heterocycles. The Morgan fingerprint density at radius 1 is 1.38 bits per heavy atom. The highest BCUT2D eigenvalue weighted by Crippen LogP contribution is 2.17. The van der Waals surface area contributed by atoms with Crippen LogP contribution in [0.1, 0.15) is 19.4 Å². The van der Waals surface area contributed by atoms with Crippen molar-refractivity contribution < 1.29 is 4.74 Å². The van der Waals surface area contributed by atoms with Crippen LogP contribution in [0.5, 0.6) is 0 Å². The second-order valence-corrected chi connectivity index (χ2v) is 6.99. The molecular weight excluding hydrogens is 368 g/mol. The Balaban J connectivity index is 1.97. The van der Waals surface area contributed by atoms with E-state index in [2.05, 4.69) is 70.1 Å². The summed E-state index contributed by atoms with van der Waals surface area (Å²) < 4.78 is 6.56. The molecule has 1 unspecified atom stereocenters. The predicted octanol–water partition coefficient (Wildman–Crippen LogP) is 2.57. The first-order valence-corrected chi connectivity index (χ1v) is 9.45. The van der Waals surface area contributed by atoms with Crippen molar-refractivity contribution in [1.82, 2.24) is 15.1 Å². The van der Waals surface area contributed by atoms with Crippen LogP contribution in [0.2, 0.25) is 0 Å². The molecule has 1 saturated heterocycles. The highest BCUT2D eigenvalue weighted by molar-refractivity contribution is 9.10. The Labute approximate surface area is 154 Å². The molecule has 1 N–H and O–H groups in total. The van der Waals surface area contributed by atoms with E-state index < -0.39 is 0 Å². The number of hydrogen-bond acceptors (Lipinski definition) is 3. The molecule has 1 aromatic carbocycles. The van der Waals surface area contributed by atoms with E-state index >= 15 is 0 Å². The van der Waals surface area contributed by atoms with Gasteiger partial charge in [-0.3, -0.25) is 9.89 Å². The molecule has 1 atom stereocenters. The van der Waals surface area contributed by atoms with Gasteiger partial charge in [0.2, 0.25) is 0 Å². The number of morpholine rings is 1. The van der Waals surface area contributed by atoms with Gasteiger partial charge >= 0.3 is 0 Å². The van der Waals surface area contributed by atoms with Crippen LogP contribution in [-0.2, 0) is 11.3 Å². The van der Waals surface area contributed by atoms with Crippen LogP contribution in [0.3, 0.4) is 0 Å². The van der Waals surface area contributed by atoms with Crippen LogP contribution in [0.4, 0.5) is 0 Å². The maximum atomic E-state index is 5.43. The van der Waals surface area contributed by atoms with E-state index in [1.807, 2.05) is 6.07 Å². The number of nitrogens with one attached hydrogen (secondary N) is 1. The summed E-state index contributed by atoms with van der Waals surface area (Å²) >= 11 is 3.62. The third-order valence-electron chi connectivity index (χ3n) is 4.24. The molecule has 1 aliphatic rings. The van der Waals surface area contributed by atoms with Crippen molar-refractivity contribution in [2.24, 2.45) is 4.99 Å². The lowest BCUT2D eigenvalue weighted by Gasteiger charge is -2.32. The number of aliphatic imine (C=N–C) groups is 1. The zero-order chi connectivity index (χ0) is 17.4. The maximum absolute atomic E-state index is 5.43. The van der Waals surface area contributed by atoms with E-state index in [1.165, 1.54) is 5.56 Å². The highest BCUT2D eigenvalue weighted by atomic mass is 79.9. The van der Waals surface area contributed by atoms with Crippen molar-refractivity contribution in [3.63, 3.8) is 0 Å². The monoisotopic (exact) mass is 396 g/mol. The molecular formula is C18H29BrN4O. The summed E-state index contributed by atoms with van der Waals surface area (Å²) in [6.07, 6.45) is 0. The summed E-state index contributed by atoms with van der Waals surface area (Å²) in [7, 11) is 2.08. The van der Waals surface area contributed by atoms with Crippen molar-refractivity contribution in [3.05, 3.63) is 34.3 Å². The van der Waals surface area contributed by atoms with E-state index in [9.17, 15) is 0 Å². The van der Waals surface area contributed by atoms with Gasteiger partial charge in [-0.1, -0.05) is 34.1 Å². The molecule has 5 nitrogen and oxygen atoms in total. The molecule has 1 aromatic rings. The molecule has 0 radical (unpaired) electrons. The van der Waals surface area contributed by atoms with Crippen LogP contribution < -0.4 is 5.32 Å². The van der Waals surface area contributed by atoms with E-state index in [-0.39, 0.29) is 0 Å². The third kappa shape index (κ3) is 5.76. The van der Waals surface area contributed by atoms with E-state index in [0.29, 0.717) is 6.04 Å². The largest absolute Gasteiger partial charge is 0.379 e. The Bertz CT molecular complexity index is 532. The summed E-state index contributed by atoms with van der Waals surface area (Å²) in [5.41, 5.74) is 1.26. The molecule has 2 rings (SSSR count). The summed E-state index contributed by atoms with van der Waals surface area (Å²) in [5.74, 6) is 0.952. The molecule has 0 saturated carbocycles. The highest BCUT2D eigenvalue weighted by Gasteiger charge is 2.17. The zero-order valence-electron chi connectivity index (χ0n) is 15.0. The van der Waals surface area contributed by atoms with Gasteiger partial charge in [0.05, 0.1) is 19.8 Å². The second-order valence-electron chi connectivity index (χ2n) is 6.14. The topological polar surface area (TPSA) is 40.1 Å². The minimum Gasteiger partial charge on any atom is -0.379 e. The van der Waals surface area contributed by atoms with Gasteiger partial charge in [-0.25, -0.2) is 0 Å². The van der Waals surface area contributed by atoms with Crippen LogP contribution >= 0.6 is 15.9 Å². The minimum atomic E-state index is 0.430. The second kappa shape index (κ2) is 10.0. The van der Waals surface area contributed by atoms with Crippen LogP contribution in [0.25, 0.3) is 0 Å². The Morgan fingerprint density at radius 3 is 2.75 bits per heavy atom. The van der Waals surface area contributed by atoms with Crippen LogP contribution in [0.15, 0.2) is 33.7 Å². The van der Waals surface area contributed by atoms with E-state index in [4.69, 9.17) is 9.73 Å². The lowest BCUT2D eigenvalue weighted by molar-refractivity contribution is 0.0220. The van der Waals surface area contributed by atoms with Crippen LogP contribution in [-0.4, -0.2) is 68.2 Å². The van der Waals surface area contributed by atoms with Gasteiger partial charge < -0.3 is 15.0 Å². The van der Waals surface area contributed by atoms with Gasteiger partial charge in [0, 0.05) is 43.7 Å². The Hall–Kier alpha value is -1.11. The molecule has 134 valence electrons. The maximum Gasteiger partial charge on any atom is 0.194 e. The first kappa shape index (κ1) is 19.2. The van der Waals surface area contributed by atoms with Gasteiger partial charge in [0.25, 0.3) is 0 Å². The quantitative estimate of drug-likeness (QED) is 0.592. The van der Waals surface area contributed by atoms with Gasteiger partial charge in [0.1, 0.15) is 0 Å². The smallest absolute Gasteiger partial charge is 0.194 e. The first-order chi connectivity index (χ1) is 11.6. The number of halogens is 1. The van der Waals surface area contributed by atoms with Gasteiger partial charge in [0.15, 0.2) is 5.96 Å². The standard InChI is InChI=1S/C18H29BrN4O/c1-4-20-18(21-13-15(2)23-9-11-24-12-10-23)22(3)14-16-7-5-6-8-17(16)19/h5-8,15H,4,9-14H2,1-3H3,(H,20,21). The number of benzene rings is 1. The molecule has 0 amide bonds. The normalized spacial score (nSPS) is 17.6. The van der Waals surface area contributed by atoms with Crippen molar-refractivity contribution in [1.29, 1.82) is 0 Å².